The summed E-state index contributed by atoms with van der Waals surface area (Å²) in [5, 5.41) is 50.4. The molecule has 9 nitrogen and oxygen atoms in total. The number of aliphatic hydroxyl groups is 2. The molecule has 0 fully saturated rings. The molecule has 0 saturated carbocycles. The molecule has 0 aliphatic carbocycles. The van der Waals surface area contributed by atoms with Gasteiger partial charge in [-0.05, 0) is 29.8 Å². The Labute approximate surface area is 195 Å². The van der Waals surface area contributed by atoms with Crippen molar-refractivity contribution in [2.75, 3.05) is 13.7 Å². The second kappa shape index (κ2) is 8.51. The predicted molar refractivity (Wildman–Crippen MR) is 119 cm³/mol. The molecule has 2 aliphatic heterocycles. The molecule has 5 rings (SSSR count). The van der Waals surface area contributed by atoms with Crippen LogP contribution in [0.15, 0.2) is 48.5 Å². The first-order chi connectivity index (χ1) is 16.4. The summed E-state index contributed by atoms with van der Waals surface area (Å²) in [7, 11) is 1.44. The molecule has 9 heteroatoms. The predicted octanol–water partition coefficient (Wildman–Crippen LogP) is 2.72. The average molecular weight is 468 g/mol. The first kappa shape index (κ1) is 22.0. The van der Waals surface area contributed by atoms with Crippen molar-refractivity contribution in [2.45, 2.75) is 30.8 Å². The van der Waals surface area contributed by atoms with E-state index in [0.29, 0.717) is 28.2 Å². The molecule has 2 heterocycles. The van der Waals surface area contributed by atoms with Crippen molar-refractivity contribution in [2.24, 2.45) is 0 Å². The molecule has 4 atom stereocenters. The van der Waals surface area contributed by atoms with Gasteiger partial charge in [0.1, 0.15) is 23.4 Å². The highest BCUT2D eigenvalue weighted by Gasteiger charge is 2.36. The lowest BCUT2D eigenvalue weighted by molar-refractivity contribution is -0.0133. The quantitative estimate of drug-likeness (QED) is 0.391. The van der Waals surface area contributed by atoms with E-state index < -0.39 is 24.4 Å². The lowest BCUT2D eigenvalue weighted by Gasteiger charge is -2.35. The van der Waals surface area contributed by atoms with Crippen LogP contribution in [0, 0.1) is 0 Å². The van der Waals surface area contributed by atoms with Crippen LogP contribution in [0.4, 0.5) is 0 Å². The zero-order chi connectivity index (χ0) is 24.0. The second-order valence-electron chi connectivity index (χ2n) is 8.27. The van der Waals surface area contributed by atoms with Gasteiger partial charge in [0.25, 0.3) is 0 Å². The molecular formula is C25H24O9. The fraction of sp³-hybridized carbons (Fsp3) is 0.280. The Balaban J connectivity index is 1.44. The number of rotatable bonds is 4. The fourth-order valence-electron chi connectivity index (χ4n) is 4.36. The third-order valence-corrected chi connectivity index (χ3v) is 6.07. The van der Waals surface area contributed by atoms with E-state index in [0.717, 1.165) is 0 Å². The Morgan fingerprint density at radius 3 is 2.32 bits per heavy atom. The molecule has 2 unspecified atom stereocenters. The van der Waals surface area contributed by atoms with Crippen molar-refractivity contribution in [3.8, 4) is 40.2 Å². The molecule has 0 radical (unpaired) electrons. The summed E-state index contributed by atoms with van der Waals surface area (Å²) < 4.78 is 23.2. The molecule has 0 bridgehead atoms. The Hall–Kier alpha value is -3.82. The van der Waals surface area contributed by atoms with Gasteiger partial charge in [-0.25, -0.2) is 0 Å². The summed E-state index contributed by atoms with van der Waals surface area (Å²) in [4.78, 5) is 0. The Kier molecular flexibility index (Phi) is 5.51. The van der Waals surface area contributed by atoms with E-state index in [1.54, 1.807) is 30.3 Å². The average Bonchev–Trinajstić information content (AvgIpc) is 2.83. The van der Waals surface area contributed by atoms with Crippen LogP contribution in [0.3, 0.4) is 0 Å². The van der Waals surface area contributed by atoms with E-state index in [1.165, 1.54) is 25.3 Å². The van der Waals surface area contributed by atoms with Crippen LogP contribution < -0.4 is 18.9 Å². The summed E-state index contributed by atoms with van der Waals surface area (Å²) >= 11 is 0. The van der Waals surface area contributed by atoms with Gasteiger partial charge in [-0.2, -0.15) is 0 Å². The minimum atomic E-state index is -0.948. The Morgan fingerprint density at radius 1 is 0.824 bits per heavy atom. The molecule has 3 aromatic rings. The zero-order valence-corrected chi connectivity index (χ0v) is 18.2. The van der Waals surface area contributed by atoms with Gasteiger partial charge in [-0.15, -0.1) is 0 Å². The number of methoxy groups -OCH3 is 1. The largest absolute Gasteiger partial charge is 0.508 e. The monoisotopic (exact) mass is 468 g/mol. The van der Waals surface area contributed by atoms with Crippen LogP contribution in [-0.2, 0) is 6.42 Å². The molecule has 5 N–H and O–H groups in total. The maximum absolute atomic E-state index is 10.7. The summed E-state index contributed by atoms with van der Waals surface area (Å²) in [6.45, 7) is -0.327. The van der Waals surface area contributed by atoms with Gasteiger partial charge >= 0.3 is 0 Å². The fourth-order valence-corrected chi connectivity index (χ4v) is 4.36. The van der Waals surface area contributed by atoms with Gasteiger partial charge in [-0.3, -0.25) is 0 Å². The van der Waals surface area contributed by atoms with E-state index >= 15 is 0 Å². The zero-order valence-electron chi connectivity index (χ0n) is 18.2. The minimum Gasteiger partial charge on any atom is -0.508 e. The summed E-state index contributed by atoms with van der Waals surface area (Å²) in [6.07, 6.45) is -2.95. The minimum absolute atomic E-state index is 0.0113. The number of ether oxygens (including phenoxy) is 4. The Bertz CT molecular complexity index is 1230. The number of phenolic OH excluding ortho intramolecular Hbond substituents is 3. The van der Waals surface area contributed by atoms with Crippen LogP contribution in [0.2, 0.25) is 0 Å². The van der Waals surface area contributed by atoms with Crippen LogP contribution in [0.25, 0.3) is 0 Å². The van der Waals surface area contributed by atoms with E-state index in [2.05, 4.69) is 0 Å². The normalized spacial score (nSPS) is 23.0. The van der Waals surface area contributed by atoms with Crippen molar-refractivity contribution >= 4 is 0 Å². The number of aromatic hydroxyl groups is 3. The molecule has 0 aromatic heterocycles. The van der Waals surface area contributed by atoms with E-state index in [4.69, 9.17) is 18.9 Å². The summed E-state index contributed by atoms with van der Waals surface area (Å²) in [6, 6.07) is 12.5. The van der Waals surface area contributed by atoms with Crippen LogP contribution in [0.5, 0.6) is 40.2 Å². The van der Waals surface area contributed by atoms with Crippen molar-refractivity contribution in [1.29, 1.82) is 0 Å². The van der Waals surface area contributed by atoms with Gasteiger partial charge in [-0.1, -0.05) is 12.1 Å². The van der Waals surface area contributed by atoms with Crippen molar-refractivity contribution in [3.63, 3.8) is 0 Å². The lowest BCUT2D eigenvalue weighted by atomic mass is 9.93. The maximum Gasteiger partial charge on any atom is 0.163 e. The SMILES string of the molecule is COc1cc([C@H]2Oc3ccc(C4Oc5cc(O)cc(O)c5CC4O)cc3O[C@@H]2CO)ccc1O. The van der Waals surface area contributed by atoms with Gasteiger partial charge in [0, 0.05) is 29.7 Å². The standard InChI is InChI=1S/C25H24O9/c1-31-21-6-13(2-4-16(21)28)25-23(11-26)32-22-7-12(3-5-19(22)33-25)24-18(30)10-15-17(29)8-14(27)9-20(15)34-24/h2-9,18,23-30H,10-11H2,1H3/t18?,23-,24?,25-/m1/s1. The van der Waals surface area contributed by atoms with Gasteiger partial charge in [0.05, 0.1) is 19.8 Å². The Morgan fingerprint density at radius 2 is 1.56 bits per heavy atom. The smallest absolute Gasteiger partial charge is 0.163 e. The highest BCUT2D eigenvalue weighted by Crippen LogP contribution is 2.45. The highest BCUT2D eigenvalue weighted by molar-refractivity contribution is 5.52. The van der Waals surface area contributed by atoms with Gasteiger partial charge in [0.2, 0.25) is 0 Å². The number of aliphatic hydroxyl groups excluding tert-OH is 2. The van der Waals surface area contributed by atoms with Crippen LogP contribution >= 0.6 is 0 Å². The molecule has 2 aliphatic rings. The van der Waals surface area contributed by atoms with Crippen LogP contribution in [0.1, 0.15) is 28.9 Å². The topological polar surface area (TPSA) is 138 Å². The lowest BCUT2D eigenvalue weighted by Crippen LogP contribution is -2.36. The highest BCUT2D eigenvalue weighted by atomic mass is 16.6. The van der Waals surface area contributed by atoms with Crippen molar-refractivity contribution in [3.05, 3.63) is 65.2 Å². The van der Waals surface area contributed by atoms with Crippen molar-refractivity contribution in [1.82, 2.24) is 0 Å². The number of hydrogen-bond donors (Lipinski definition) is 5. The van der Waals surface area contributed by atoms with Crippen LogP contribution in [-0.4, -0.2) is 51.5 Å². The first-order valence-electron chi connectivity index (χ1n) is 10.7. The molecule has 0 amide bonds. The van der Waals surface area contributed by atoms with Gasteiger partial charge < -0.3 is 44.5 Å². The molecule has 3 aromatic carbocycles. The number of benzene rings is 3. The molecular weight excluding hydrogens is 444 g/mol. The van der Waals surface area contributed by atoms with E-state index in [-0.39, 0.29) is 41.8 Å². The summed E-state index contributed by atoms with van der Waals surface area (Å²) in [5.74, 6) is 1.08. The maximum atomic E-state index is 10.7. The van der Waals surface area contributed by atoms with Crippen molar-refractivity contribution < 1.29 is 44.5 Å². The second-order valence-corrected chi connectivity index (χ2v) is 8.27. The number of phenols is 3. The molecule has 0 saturated heterocycles. The number of fused-ring (bicyclic) bond motifs is 2. The van der Waals surface area contributed by atoms with Gasteiger partial charge in [0.15, 0.2) is 35.2 Å². The molecule has 178 valence electrons. The van der Waals surface area contributed by atoms with E-state index in [1.807, 2.05) is 0 Å². The third kappa shape index (κ3) is 3.78. The molecule has 0 spiro atoms. The summed E-state index contributed by atoms with van der Waals surface area (Å²) in [5.41, 5.74) is 1.68. The number of hydrogen-bond acceptors (Lipinski definition) is 9. The third-order valence-electron chi connectivity index (χ3n) is 6.07. The first-order valence-corrected chi connectivity index (χ1v) is 10.7. The van der Waals surface area contributed by atoms with E-state index in [9.17, 15) is 25.5 Å². The molecule has 34 heavy (non-hydrogen) atoms.